The maximum Gasteiger partial charge on any atom is 0.193 e. The summed E-state index contributed by atoms with van der Waals surface area (Å²) in [6.07, 6.45) is -15.0. The maximum atomic E-state index is 15.4. The molecular formula is C55H56O15. The Morgan fingerprint density at radius 1 is 0.443 bits per heavy atom. The van der Waals surface area contributed by atoms with Crippen LogP contribution in [0.2, 0.25) is 0 Å². The minimum Gasteiger partial charge on any atom is -0.489 e. The fourth-order valence-electron chi connectivity index (χ4n) is 8.46. The standard InChI is InChI=1S/C55H56O15/c56-27-40-45(59)47(61)49(63)54(69-40)43-51(66-30-35-15-7-2-8-16-35)42(39(58)26-23-33-21-24-38(25-22-33)65-29-34-13-5-1-6-14-34)52(67-31-36-17-9-3-10-18-36)44(53(43)68-32-37-19-11-4-12-20-37)55-50(64)48(62)46(60)41(28-57)70-55/h1-26,40-41,45-50,54-57,59-64H,27-32H2/b26-23+/t40-,41-,45-,46-,47+,48+,49-,50-,54+,55+/m1/s1. The summed E-state index contributed by atoms with van der Waals surface area (Å²) < 4.78 is 38.7. The lowest BCUT2D eigenvalue weighted by atomic mass is 9.83. The van der Waals surface area contributed by atoms with E-state index in [1.54, 1.807) is 109 Å². The van der Waals surface area contributed by atoms with Crippen LogP contribution >= 0.6 is 0 Å². The topological polar surface area (TPSA) is 234 Å². The summed E-state index contributed by atoms with van der Waals surface area (Å²) in [6.45, 7) is -1.91. The Hall–Kier alpha value is -6.47. The molecule has 0 amide bonds. The molecule has 2 saturated heterocycles. The van der Waals surface area contributed by atoms with Gasteiger partial charge in [-0.05, 0) is 46.0 Å². The van der Waals surface area contributed by atoms with Crippen molar-refractivity contribution in [1.82, 2.24) is 0 Å². The van der Waals surface area contributed by atoms with E-state index in [0.29, 0.717) is 34.6 Å². The maximum absolute atomic E-state index is 15.4. The molecule has 0 unspecified atom stereocenters. The number of carbonyl (C=O) groups excluding carboxylic acids is 1. The summed E-state index contributed by atoms with van der Waals surface area (Å²) in [5, 5.41) is 89.6. The van der Waals surface area contributed by atoms with Crippen LogP contribution in [0.3, 0.4) is 0 Å². The number of carbonyl (C=O) groups is 1. The molecule has 0 spiro atoms. The van der Waals surface area contributed by atoms with Crippen LogP contribution in [0.15, 0.2) is 152 Å². The highest BCUT2D eigenvalue weighted by molar-refractivity contribution is 6.11. The first kappa shape index (κ1) is 49.9. The number of aliphatic hydroxyl groups is 8. The Morgan fingerprint density at radius 2 is 0.800 bits per heavy atom. The Kier molecular flexibility index (Phi) is 16.7. The van der Waals surface area contributed by atoms with Gasteiger partial charge in [0, 0.05) is 0 Å². The number of ketones is 1. The van der Waals surface area contributed by atoms with E-state index in [4.69, 9.17) is 28.4 Å². The Labute approximate surface area is 404 Å². The molecule has 2 aliphatic heterocycles. The predicted molar refractivity (Wildman–Crippen MR) is 255 cm³/mol. The van der Waals surface area contributed by atoms with Gasteiger partial charge in [-0.2, -0.15) is 0 Å². The minimum absolute atomic E-state index is 0.199. The Balaban J connectivity index is 1.38. The molecule has 8 rings (SSSR count). The molecule has 0 aromatic heterocycles. The summed E-state index contributed by atoms with van der Waals surface area (Å²) in [6, 6.07) is 43.5. The van der Waals surface area contributed by atoms with E-state index in [-0.39, 0.29) is 53.8 Å². The molecule has 2 fully saturated rings. The van der Waals surface area contributed by atoms with Gasteiger partial charge in [0.05, 0.1) is 24.3 Å². The van der Waals surface area contributed by atoms with Gasteiger partial charge in [-0.25, -0.2) is 0 Å². The van der Waals surface area contributed by atoms with E-state index >= 15 is 4.79 Å². The van der Waals surface area contributed by atoms with Crippen molar-refractivity contribution in [2.75, 3.05) is 13.2 Å². The average molecular weight is 957 g/mol. The summed E-state index contributed by atoms with van der Waals surface area (Å²) >= 11 is 0. The summed E-state index contributed by atoms with van der Waals surface area (Å²) in [5.41, 5.74) is 2.72. The number of aliphatic hydroxyl groups excluding tert-OH is 8. The van der Waals surface area contributed by atoms with Crippen molar-refractivity contribution in [2.24, 2.45) is 0 Å². The number of ether oxygens (including phenoxy) is 6. The third-order valence-corrected chi connectivity index (χ3v) is 12.3. The molecule has 0 bridgehead atoms. The fourth-order valence-corrected chi connectivity index (χ4v) is 8.46. The SMILES string of the molecule is O=C(/C=C/c1ccc(OCc2ccccc2)cc1)c1c(OCc2ccccc2)c([C@@H]2O[C@H](CO)[C@@H](O)[C@H](O)[C@H]2O)c(OCc2ccccc2)c([C@@H]2O[C@H](CO)[C@@H](O)[C@H](O)[C@H]2O)c1OCc1ccccc1. The third kappa shape index (κ3) is 11.4. The van der Waals surface area contributed by atoms with Gasteiger partial charge in [0.25, 0.3) is 0 Å². The van der Waals surface area contributed by atoms with Gasteiger partial charge in [0.1, 0.15) is 116 Å². The van der Waals surface area contributed by atoms with Gasteiger partial charge < -0.3 is 69.3 Å². The Morgan fingerprint density at radius 3 is 1.17 bits per heavy atom. The lowest BCUT2D eigenvalue weighted by molar-refractivity contribution is -0.234. The van der Waals surface area contributed by atoms with Gasteiger partial charge in [-0.1, -0.05) is 140 Å². The van der Waals surface area contributed by atoms with Gasteiger partial charge in [0.2, 0.25) is 0 Å². The van der Waals surface area contributed by atoms with Crippen molar-refractivity contribution in [3.63, 3.8) is 0 Å². The molecule has 0 aliphatic carbocycles. The second kappa shape index (κ2) is 23.4. The second-order valence-corrected chi connectivity index (χ2v) is 17.1. The highest BCUT2D eigenvalue weighted by atomic mass is 16.6. The van der Waals surface area contributed by atoms with Crippen LogP contribution in [0.5, 0.6) is 23.0 Å². The molecule has 0 radical (unpaired) electrons. The number of hydrogen-bond donors (Lipinski definition) is 8. The summed E-state index contributed by atoms with van der Waals surface area (Å²) in [7, 11) is 0. The number of benzene rings is 6. The zero-order valence-electron chi connectivity index (χ0n) is 38.0. The average Bonchev–Trinajstić information content (AvgIpc) is 3.40. The van der Waals surface area contributed by atoms with Gasteiger partial charge >= 0.3 is 0 Å². The molecule has 6 aromatic rings. The molecule has 0 saturated carbocycles. The van der Waals surface area contributed by atoms with E-state index in [0.717, 1.165) is 5.56 Å². The monoisotopic (exact) mass is 956 g/mol. The van der Waals surface area contributed by atoms with Gasteiger partial charge in [0.15, 0.2) is 5.78 Å². The molecule has 6 aromatic carbocycles. The highest BCUT2D eigenvalue weighted by Crippen LogP contribution is 2.55. The quantitative estimate of drug-likeness (QED) is 0.0397. The Bertz CT molecular complexity index is 2520. The second-order valence-electron chi connectivity index (χ2n) is 17.1. The first-order chi connectivity index (χ1) is 34.1. The molecule has 15 nitrogen and oxygen atoms in total. The van der Waals surface area contributed by atoms with Crippen molar-refractivity contribution in [3.8, 4) is 23.0 Å². The minimum atomic E-state index is -1.98. The van der Waals surface area contributed by atoms with Crippen molar-refractivity contribution in [2.45, 2.75) is 87.5 Å². The lowest BCUT2D eigenvalue weighted by Gasteiger charge is -2.43. The van der Waals surface area contributed by atoms with Crippen LogP contribution in [-0.4, -0.2) is 109 Å². The van der Waals surface area contributed by atoms with Crippen LogP contribution in [0, 0.1) is 0 Å². The van der Waals surface area contributed by atoms with Gasteiger partial charge in [-0.3, -0.25) is 4.79 Å². The van der Waals surface area contributed by atoms with Crippen LogP contribution in [0.4, 0.5) is 0 Å². The van der Waals surface area contributed by atoms with Crippen molar-refractivity contribution >= 4 is 11.9 Å². The molecule has 2 aliphatic rings. The fraction of sp³-hybridized carbons (Fsp3) is 0.291. The summed E-state index contributed by atoms with van der Waals surface area (Å²) in [5.74, 6) is -0.976. The van der Waals surface area contributed by atoms with E-state index in [2.05, 4.69) is 0 Å². The molecule has 10 atom stereocenters. The van der Waals surface area contributed by atoms with E-state index in [1.165, 1.54) is 6.08 Å². The van der Waals surface area contributed by atoms with Crippen molar-refractivity contribution in [3.05, 3.63) is 196 Å². The smallest absolute Gasteiger partial charge is 0.193 e. The van der Waals surface area contributed by atoms with E-state index in [9.17, 15) is 40.9 Å². The molecule has 15 heteroatoms. The largest absolute Gasteiger partial charge is 0.489 e. The van der Waals surface area contributed by atoms with Gasteiger partial charge in [-0.15, -0.1) is 0 Å². The van der Waals surface area contributed by atoms with Crippen molar-refractivity contribution in [1.29, 1.82) is 0 Å². The van der Waals surface area contributed by atoms with Crippen LogP contribution in [-0.2, 0) is 35.9 Å². The molecule has 366 valence electrons. The van der Waals surface area contributed by atoms with Crippen LogP contribution in [0.25, 0.3) is 6.08 Å². The van der Waals surface area contributed by atoms with Crippen LogP contribution in [0.1, 0.15) is 61.5 Å². The normalized spacial score (nSPS) is 24.5. The first-order valence-corrected chi connectivity index (χ1v) is 22.9. The van der Waals surface area contributed by atoms with E-state index < -0.39 is 80.0 Å². The van der Waals surface area contributed by atoms with Crippen molar-refractivity contribution < 1.29 is 74.1 Å². The predicted octanol–water partition coefficient (Wildman–Crippen LogP) is 4.93. The highest BCUT2D eigenvalue weighted by Gasteiger charge is 2.51. The number of hydrogen-bond acceptors (Lipinski definition) is 15. The molecule has 8 N–H and O–H groups in total. The number of allylic oxidation sites excluding steroid dienone is 1. The van der Waals surface area contributed by atoms with Crippen LogP contribution < -0.4 is 18.9 Å². The zero-order chi connectivity index (χ0) is 49.1. The third-order valence-electron chi connectivity index (χ3n) is 12.3. The number of rotatable bonds is 19. The molecule has 70 heavy (non-hydrogen) atoms. The molecule has 2 heterocycles. The zero-order valence-corrected chi connectivity index (χ0v) is 38.0. The lowest BCUT2D eigenvalue weighted by Crippen LogP contribution is -2.56. The molecular weight excluding hydrogens is 901 g/mol. The summed E-state index contributed by atoms with van der Waals surface area (Å²) in [4.78, 5) is 15.4. The first-order valence-electron chi connectivity index (χ1n) is 22.9. The van der Waals surface area contributed by atoms with E-state index in [1.807, 2.05) is 42.5 Å².